The van der Waals surface area contributed by atoms with Crippen LogP contribution in [0.3, 0.4) is 0 Å². The normalized spacial score (nSPS) is 12.0. The minimum absolute atomic E-state index is 0.451. The molecule has 0 aromatic rings. The zero-order chi connectivity index (χ0) is 7.33. The Balaban J connectivity index is 3.43. The number of hydrogen-bond acceptors (Lipinski definition) is 3. The summed E-state index contributed by atoms with van der Waals surface area (Å²) < 4.78 is 9.61. The second-order valence-electron chi connectivity index (χ2n) is 1.76. The highest BCUT2D eigenvalue weighted by molar-refractivity contribution is 4.39. The summed E-state index contributed by atoms with van der Waals surface area (Å²) in [6.07, 6.45) is 0. The lowest BCUT2D eigenvalue weighted by Gasteiger charge is -2.21. The monoisotopic (exact) mass is 134 g/mol. The molecule has 9 heavy (non-hydrogen) atoms. The molecule has 0 unspecified atom stereocenters. The van der Waals surface area contributed by atoms with E-state index in [-0.39, 0.29) is 0 Å². The van der Waals surface area contributed by atoms with Crippen LogP contribution in [-0.2, 0) is 9.47 Å². The second-order valence-corrected chi connectivity index (χ2v) is 1.76. The molecule has 0 aromatic heterocycles. The van der Waals surface area contributed by atoms with E-state index in [0.29, 0.717) is 13.2 Å². The highest BCUT2D eigenvalue weighted by Gasteiger charge is 2.18. The summed E-state index contributed by atoms with van der Waals surface area (Å²) in [5.74, 6) is -1.40. The maximum absolute atomic E-state index is 9.07. The van der Waals surface area contributed by atoms with Crippen molar-refractivity contribution in [3.05, 3.63) is 0 Å². The van der Waals surface area contributed by atoms with Gasteiger partial charge in [-0.2, -0.15) is 0 Å². The predicted octanol–water partition coefficient (Wildman–Crippen LogP) is 0.725. The molecular formula is C6H14O3. The average Bonchev–Trinajstić information content (AvgIpc) is 1.64. The van der Waals surface area contributed by atoms with E-state index in [1.54, 1.807) is 13.8 Å². The van der Waals surface area contributed by atoms with Crippen LogP contribution < -0.4 is 0 Å². The first-order valence-electron chi connectivity index (χ1n) is 3.12. The van der Waals surface area contributed by atoms with Crippen molar-refractivity contribution in [2.24, 2.45) is 0 Å². The fourth-order valence-corrected chi connectivity index (χ4v) is 0.577. The molecule has 0 aliphatic rings. The van der Waals surface area contributed by atoms with Gasteiger partial charge >= 0.3 is 0 Å². The smallest absolute Gasteiger partial charge is 0.277 e. The number of rotatable bonds is 4. The van der Waals surface area contributed by atoms with Crippen LogP contribution in [0.2, 0.25) is 0 Å². The molecule has 0 saturated heterocycles. The molecule has 3 heteroatoms. The maximum Gasteiger partial charge on any atom is 0.277 e. The van der Waals surface area contributed by atoms with Gasteiger partial charge in [0.2, 0.25) is 0 Å². The zero-order valence-electron chi connectivity index (χ0n) is 6.18. The van der Waals surface area contributed by atoms with Crippen LogP contribution in [0.25, 0.3) is 0 Å². The van der Waals surface area contributed by atoms with Gasteiger partial charge < -0.3 is 14.6 Å². The van der Waals surface area contributed by atoms with E-state index >= 15 is 0 Å². The van der Waals surface area contributed by atoms with Crippen molar-refractivity contribution < 1.29 is 14.6 Å². The molecule has 0 rings (SSSR count). The molecule has 0 fully saturated rings. The van der Waals surface area contributed by atoms with Crippen molar-refractivity contribution in [3.8, 4) is 0 Å². The predicted molar refractivity (Wildman–Crippen MR) is 33.9 cm³/mol. The quantitative estimate of drug-likeness (QED) is 0.576. The molecule has 0 amide bonds. The Morgan fingerprint density at radius 3 is 1.78 bits per heavy atom. The molecule has 0 atom stereocenters. The van der Waals surface area contributed by atoms with Gasteiger partial charge in [-0.05, 0) is 13.8 Å². The van der Waals surface area contributed by atoms with Crippen molar-refractivity contribution >= 4 is 0 Å². The highest BCUT2D eigenvalue weighted by Crippen LogP contribution is 2.05. The van der Waals surface area contributed by atoms with Crippen LogP contribution in [0.4, 0.5) is 0 Å². The second kappa shape index (κ2) is 3.82. The van der Waals surface area contributed by atoms with Crippen molar-refractivity contribution in [3.63, 3.8) is 0 Å². The molecule has 0 bridgehead atoms. The third-order valence-electron chi connectivity index (χ3n) is 0.824. The molecule has 0 aliphatic carbocycles. The summed E-state index contributed by atoms with van der Waals surface area (Å²) in [5.41, 5.74) is 0. The molecule has 3 nitrogen and oxygen atoms in total. The van der Waals surface area contributed by atoms with Gasteiger partial charge in [0.1, 0.15) is 0 Å². The van der Waals surface area contributed by atoms with Gasteiger partial charge in [-0.1, -0.05) is 0 Å². The van der Waals surface area contributed by atoms with Gasteiger partial charge in [-0.3, -0.25) is 0 Å². The highest BCUT2D eigenvalue weighted by atomic mass is 16.8. The van der Waals surface area contributed by atoms with Gasteiger partial charge in [0.25, 0.3) is 5.97 Å². The van der Waals surface area contributed by atoms with Gasteiger partial charge in [0, 0.05) is 20.1 Å². The standard InChI is InChI=1S/C6H14O3/c1-4-8-6(3,7)9-5-2/h7H,4-5H2,1-3H3. The van der Waals surface area contributed by atoms with Gasteiger partial charge in [0.05, 0.1) is 0 Å². The summed E-state index contributed by atoms with van der Waals surface area (Å²) in [7, 11) is 0. The maximum atomic E-state index is 9.07. The lowest BCUT2D eigenvalue weighted by Crippen LogP contribution is -2.31. The Morgan fingerprint density at radius 2 is 1.56 bits per heavy atom. The molecule has 0 heterocycles. The van der Waals surface area contributed by atoms with Crippen LogP contribution in [-0.4, -0.2) is 24.3 Å². The molecule has 0 aromatic carbocycles. The number of hydrogen-bond donors (Lipinski definition) is 1. The molecule has 0 aliphatic heterocycles. The Labute approximate surface area is 55.6 Å². The largest absolute Gasteiger partial charge is 0.344 e. The summed E-state index contributed by atoms with van der Waals surface area (Å²) in [6.45, 7) is 5.97. The van der Waals surface area contributed by atoms with Crippen LogP contribution in [0.5, 0.6) is 0 Å². The van der Waals surface area contributed by atoms with Crippen molar-refractivity contribution in [2.45, 2.75) is 26.7 Å². The summed E-state index contributed by atoms with van der Waals surface area (Å²) >= 11 is 0. The molecule has 0 radical (unpaired) electrons. The minimum atomic E-state index is -1.40. The van der Waals surface area contributed by atoms with E-state index in [9.17, 15) is 0 Å². The van der Waals surface area contributed by atoms with E-state index in [1.807, 2.05) is 0 Å². The van der Waals surface area contributed by atoms with Gasteiger partial charge in [-0.25, -0.2) is 0 Å². The van der Waals surface area contributed by atoms with Crippen LogP contribution in [0, 0.1) is 0 Å². The number of aliphatic hydroxyl groups is 1. The molecular weight excluding hydrogens is 120 g/mol. The lowest BCUT2D eigenvalue weighted by molar-refractivity contribution is -0.345. The molecule has 56 valence electrons. The van der Waals surface area contributed by atoms with Crippen LogP contribution in [0.15, 0.2) is 0 Å². The molecule has 0 spiro atoms. The average molecular weight is 134 g/mol. The van der Waals surface area contributed by atoms with E-state index in [1.165, 1.54) is 6.92 Å². The minimum Gasteiger partial charge on any atom is -0.344 e. The van der Waals surface area contributed by atoms with Crippen LogP contribution >= 0.6 is 0 Å². The molecule has 1 N–H and O–H groups in total. The van der Waals surface area contributed by atoms with E-state index in [0.717, 1.165) is 0 Å². The van der Waals surface area contributed by atoms with Crippen molar-refractivity contribution in [1.29, 1.82) is 0 Å². The Hall–Kier alpha value is -0.120. The fraction of sp³-hybridized carbons (Fsp3) is 1.00. The molecule has 0 saturated carbocycles. The first-order chi connectivity index (χ1) is 4.12. The van der Waals surface area contributed by atoms with Crippen molar-refractivity contribution in [1.82, 2.24) is 0 Å². The summed E-state index contributed by atoms with van der Waals surface area (Å²) in [5, 5.41) is 9.07. The van der Waals surface area contributed by atoms with Crippen molar-refractivity contribution in [2.75, 3.05) is 13.2 Å². The topological polar surface area (TPSA) is 38.7 Å². The SMILES string of the molecule is CCOC(C)(O)OCC. The third-order valence-corrected chi connectivity index (χ3v) is 0.824. The summed E-state index contributed by atoms with van der Waals surface area (Å²) in [4.78, 5) is 0. The van der Waals surface area contributed by atoms with Gasteiger partial charge in [-0.15, -0.1) is 0 Å². The third kappa shape index (κ3) is 4.39. The lowest BCUT2D eigenvalue weighted by atomic mass is 10.6. The number of ether oxygens (including phenoxy) is 2. The van der Waals surface area contributed by atoms with E-state index < -0.39 is 5.97 Å². The Morgan fingerprint density at radius 1 is 1.22 bits per heavy atom. The van der Waals surface area contributed by atoms with E-state index in [4.69, 9.17) is 14.6 Å². The van der Waals surface area contributed by atoms with Gasteiger partial charge in [0.15, 0.2) is 0 Å². The Kier molecular flexibility index (Phi) is 3.77. The fourth-order valence-electron chi connectivity index (χ4n) is 0.577. The first-order valence-corrected chi connectivity index (χ1v) is 3.12. The van der Waals surface area contributed by atoms with Crippen LogP contribution in [0.1, 0.15) is 20.8 Å². The summed E-state index contributed by atoms with van der Waals surface area (Å²) in [6, 6.07) is 0. The van der Waals surface area contributed by atoms with E-state index in [2.05, 4.69) is 0 Å². The first kappa shape index (κ1) is 8.88. The Bertz CT molecular complexity index is 62.7. The zero-order valence-corrected chi connectivity index (χ0v) is 6.18.